The Balaban J connectivity index is 1.61. The van der Waals surface area contributed by atoms with Crippen molar-refractivity contribution in [3.8, 4) is 0 Å². The maximum Gasteiger partial charge on any atom is 0.457 e. The van der Waals surface area contributed by atoms with Crippen LogP contribution >= 0.6 is 0 Å². The van der Waals surface area contributed by atoms with Gasteiger partial charge < -0.3 is 14.6 Å². The van der Waals surface area contributed by atoms with E-state index in [-0.39, 0.29) is 13.0 Å². The molecule has 0 spiro atoms. The van der Waals surface area contributed by atoms with E-state index in [0.29, 0.717) is 24.5 Å². The zero-order valence-corrected chi connectivity index (χ0v) is 14.8. The molecule has 0 radical (unpaired) electrons. The highest BCUT2D eigenvalue weighted by molar-refractivity contribution is 6.44. The van der Waals surface area contributed by atoms with Gasteiger partial charge in [0.2, 0.25) is 5.91 Å². The number of hydrogen-bond donors (Lipinski definition) is 1. The summed E-state index contributed by atoms with van der Waals surface area (Å²) in [6, 6.07) is 0. The van der Waals surface area contributed by atoms with E-state index in [1.54, 1.807) is 0 Å². The topological polar surface area (TPSA) is 47.6 Å². The van der Waals surface area contributed by atoms with Crippen molar-refractivity contribution in [1.82, 2.24) is 5.32 Å². The third-order valence-corrected chi connectivity index (χ3v) is 4.80. The van der Waals surface area contributed by atoms with E-state index >= 15 is 0 Å². The molecule has 1 aliphatic carbocycles. The smallest absolute Gasteiger partial charge is 0.408 e. The van der Waals surface area contributed by atoms with Crippen molar-refractivity contribution in [3.63, 3.8) is 0 Å². The fourth-order valence-corrected chi connectivity index (χ4v) is 3.57. The molecule has 2 unspecified atom stereocenters. The lowest BCUT2D eigenvalue weighted by Crippen LogP contribution is -2.36. The molecule has 1 saturated heterocycles. The lowest BCUT2D eigenvalue weighted by Gasteiger charge is -2.27. The van der Waals surface area contributed by atoms with Gasteiger partial charge in [-0.05, 0) is 51.3 Å². The minimum Gasteiger partial charge on any atom is -0.408 e. The molecule has 0 aromatic rings. The fourth-order valence-electron chi connectivity index (χ4n) is 3.57. The first-order valence-electron chi connectivity index (χ1n) is 9.45. The molecule has 2 bridgehead atoms. The second kappa shape index (κ2) is 10.1. The Hall–Kier alpha value is -0.805. The van der Waals surface area contributed by atoms with Crippen LogP contribution in [0.5, 0.6) is 0 Å². The van der Waals surface area contributed by atoms with E-state index in [4.69, 9.17) is 9.31 Å². The molecule has 1 amide bonds. The van der Waals surface area contributed by atoms with Crippen molar-refractivity contribution in [2.75, 3.05) is 6.54 Å². The third-order valence-electron chi connectivity index (χ3n) is 4.80. The fraction of sp³-hybridized carbons (Fsp3) is 0.833. The van der Waals surface area contributed by atoms with Gasteiger partial charge in [0.25, 0.3) is 0 Å². The Bertz CT molecular complexity index is 388. The van der Waals surface area contributed by atoms with Crippen molar-refractivity contribution < 1.29 is 14.1 Å². The molecule has 1 N–H and O–H groups in total. The quantitative estimate of drug-likeness (QED) is 0.379. The third kappa shape index (κ3) is 6.30. The van der Waals surface area contributed by atoms with Crippen LogP contribution in [-0.2, 0) is 14.1 Å². The molecule has 0 aromatic carbocycles. The minimum absolute atomic E-state index is 0.0322. The number of nitrogens with one attached hydrogen (secondary N) is 1. The summed E-state index contributed by atoms with van der Waals surface area (Å²) in [6.45, 7) is 4.88. The number of unbranched alkanes of at least 4 members (excludes halogenated alkanes) is 2. The molecule has 1 heterocycles. The summed E-state index contributed by atoms with van der Waals surface area (Å²) < 4.78 is 12.1. The number of fused-ring (bicyclic) bond motifs is 2. The molecular formula is C18H32BNO3. The van der Waals surface area contributed by atoms with Gasteiger partial charge in [0.1, 0.15) is 0 Å². The highest BCUT2D eigenvalue weighted by Crippen LogP contribution is 2.38. The van der Waals surface area contributed by atoms with Gasteiger partial charge >= 0.3 is 7.12 Å². The first kappa shape index (κ1) is 18.5. The number of carbonyl (C=O) groups excluding carboxylic acids is 1. The predicted molar refractivity (Wildman–Crippen MR) is 94.2 cm³/mol. The van der Waals surface area contributed by atoms with Gasteiger partial charge in [-0.3, -0.25) is 4.79 Å². The highest BCUT2D eigenvalue weighted by atomic mass is 16.6. The van der Waals surface area contributed by atoms with Gasteiger partial charge in [-0.15, -0.1) is 0 Å². The standard InChI is InChI=1S/C18H32BNO3/c1-3-5-12-19-22-16-13-15(17(14-16)23-19)10-8-6-7-9-11-18(21)20-4-2/h6,8,15-17H,3-5,7,9-14H2,1-2H3,(H,20,21)/b8-6-/t15-,16?,17?/m1/s1. The maximum atomic E-state index is 11.3. The molecule has 0 aromatic heterocycles. The normalized spacial score (nSPS) is 26.9. The number of amides is 1. The molecule has 3 atom stereocenters. The van der Waals surface area contributed by atoms with Crippen LogP contribution in [0.3, 0.4) is 0 Å². The summed E-state index contributed by atoms with van der Waals surface area (Å²) >= 11 is 0. The average molecular weight is 321 g/mol. The largest absolute Gasteiger partial charge is 0.457 e. The van der Waals surface area contributed by atoms with Gasteiger partial charge in [-0.1, -0.05) is 31.9 Å². The van der Waals surface area contributed by atoms with E-state index in [0.717, 1.165) is 45.0 Å². The predicted octanol–water partition coefficient (Wildman–Crippen LogP) is 3.72. The second-order valence-electron chi connectivity index (χ2n) is 6.79. The Morgan fingerprint density at radius 3 is 2.87 bits per heavy atom. The van der Waals surface area contributed by atoms with Gasteiger partial charge in [-0.25, -0.2) is 0 Å². The number of carbonyl (C=O) groups is 1. The molecule has 4 nitrogen and oxygen atoms in total. The molecule has 5 heteroatoms. The molecule has 23 heavy (non-hydrogen) atoms. The van der Waals surface area contributed by atoms with Crippen LogP contribution in [-0.4, -0.2) is 31.8 Å². The molecular weight excluding hydrogens is 289 g/mol. The van der Waals surface area contributed by atoms with Gasteiger partial charge in [0.05, 0.1) is 0 Å². The number of allylic oxidation sites excluding steroid dienone is 2. The summed E-state index contributed by atoms with van der Waals surface area (Å²) in [6.07, 6.45) is 14.5. The number of hydrogen-bond acceptors (Lipinski definition) is 3. The van der Waals surface area contributed by atoms with E-state index in [2.05, 4.69) is 24.4 Å². The molecule has 2 aliphatic rings. The Kier molecular flexibility index (Phi) is 8.17. The summed E-state index contributed by atoms with van der Waals surface area (Å²) in [4.78, 5) is 11.3. The van der Waals surface area contributed by atoms with Crippen molar-refractivity contribution in [3.05, 3.63) is 12.2 Å². The molecule has 1 saturated carbocycles. The monoisotopic (exact) mass is 321 g/mol. The zero-order chi connectivity index (χ0) is 16.5. The van der Waals surface area contributed by atoms with Gasteiger partial charge in [0, 0.05) is 25.2 Å². The maximum absolute atomic E-state index is 11.3. The van der Waals surface area contributed by atoms with Gasteiger partial charge in [0.15, 0.2) is 0 Å². The minimum atomic E-state index is 0.0322. The Morgan fingerprint density at radius 1 is 1.22 bits per heavy atom. The van der Waals surface area contributed by atoms with E-state index in [1.165, 1.54) is 12.8 Å². The molecule has 130 valence electrons. The summed E-state index contributed by atoms with van der Waals surface area (Å²) in [5.41, 5.74) is 0. The lowest BCUT2D eigenvalue weighted by atomic mass is 9.80. The van der Waals surface area contributed by atoms with Crippen molar-refractivity contribution in [2.45, 2.75) is 83.7 Å². The van der Waals surface area contributed by atoms with Crippen LogP contribution in [0.25, 0.3) is 0 Å². The van der Waals surface area contributed by atoms with Gasteiger partial charge in [-0.2, -0.15) is 0 Å². The average Bonchev–Trinajstić information content (AvgIpc) is 2.82. The zero-order valence-electron chi connectivity index (χ0n) is 14.8. The van der Waals surface area contributed by atoms with E-state index in [1.807, 2.05) is 6.92 Å². The first-order valence-corrected chi connectivity index (χ1v) is 9.45. The SMILES string of the molecule is CCCCB1OC2CC(O1)[C@H](C/C=C\CCCC(=O)NCC)C2. The van der Waals surface area contributed by atoms with Crippen molar-refractivity contribution in [1.29, 1.82) is 0 Å². The Morgan fingerprint density at radius 2 is 2.09 bits per heavy atom. The van der Waals surface area contributed by atoms with E-state index in [9.17, 15) is 4.79 Å². The van der Waals surface area contributed by atoms with Crippen molar-refractivity contribution in [2.24, 2.45) is 5.92 Å². The van der Waals surface area contributed by atoms with Crippen LogP contribution in [0.4, 0.5) is 0 Å². The van der Waals surface area contributed by atoms with E-state index < -0.39 is 0 Å². The first-order chi connectivity index (χ1) is 11.2. The summed E-state index contributed by atoms with van der Waals surface area (Å²) in [7, 11) is 0.0322. The number of rotatable bonds is 10. The van der Waals surface area contributed by atoms with Crippen molar-refractivity contribution >= 4 is 13.0 Å². The summed E-state index contributed by atoms with van der Waals surface area (Å²) in [5.74, 6) is 0.764. The van der Waals surface area contributed by atoms with Crippen LogP contribution in [0.15, 0.2) is 12.2 Å². The lowest BCUT2D eigenvalue weighted by molar-refractivity contribution is -0.121. The van der Waals surface area contributed by atoms with Crippen LogP contribution in [0, 0.1) is 5.92 Å². The van der Waals surface area contributed by atoms with Crippen LogP contribution in [0.1, 0.15) is 65.2 Å². The molecule has 1 aliphatic heterocycles. The second-order valence-corrected chi connectivity index (χ2v) is 6.79. The molecule has 2 fully saturated rings. The highest BCUT2D eigenvalue weighted by Gasteiger charge is 2.43. The molecule has 2 rings (SSSR count). The summed E-state index contributed by atoms with van der Waals surface area (Å²) in [5, 5.41) is 2.83. The van der Waals surface area contributed by atoms with Crippen LogP contribution < -0.4 is 5.32 Å². The van der Waals surface area contributed by atoms with Crippen LogP contribution in [0.2, 0.25) is 6.32 Å². The Labute approximate surface area is 141 Å².